The number of carbonyl (C=O) groups is 2. The normalized spacial score (nSPS) is 14.9. The summed E-state index contributed by atoms with van der Waals surface area (Å²) in [5, 5.41) is 2.96. The Balaban J connectivity index is 1.46. The molecule has 0 bridgehead atoms. The fourth-order valence-electron chi connectivity index (χ4n) is 4.11. The summed E-state index contributed by atoms with van der Waals surface area (Å²) < 4.78 is 11.2. The highest BCUT2D eigenvalue weighted by atomic mass is 32.1. The van der Waals surface area contributed by atoms with Gasteiger partial charge in [-0.1, -0.05) is 42.5 Å². The van der Waals surface area contributed by atoms with Crippen molar-refractivity contribution < 1.29 is 19.1 Å². The predicted octanol–water partition coefficient (Wildman–Crippen LogP) is 6.36. The van der Waals surface area contributed by atoms with E-state index in [1.54, 1.807) is 41.4 Å². The molecule has 1 amide bonds. The molecule has 1 aromatic heterocycles. The van der Waals surface area contributed by atoms with E-state index in [1.807, 2.05) is 73.8 Å². The first kappa shape index (κ1) is 23.8. The topological polar surface area (TPSA) is 68.7 Å². The second-order valence-electron chi connectivity index (χ2n) is 8.93. The van der Waals surface area contributed by atoms with Gasteiger partial charge in [0.05, 0.1) is 29.6 Å². The average molecular weight is 499 g/mol. The minimum absolute atomic E-state index is 0.141. The second kappa shape index (κ2) is 9.95. The zero-order valence-electron chi connectivity index (χ0n) is 20.3. The zero-order chi connectivity index (χ0) is 25.2. The predicted molar refractivity (Wildman–Crippen MR) is 141 cm³/mol. The molecule has 1 unspecified atom stereocenters. The lowest BCUT2D eigenvalue weighted by atomic mass is 10.1. The molecular formula is C29H26N2O4S. The molecule has 182 valence electrons. The molecule has 3 aromatic carbocycles. The van der Waals surface area contributed by atoms with Gasteiger partial charge in [0.2, 0.25) is 0 Å². The van der Waals surface area contributed by atoms with Gasteiger partial charge in [-0.2, -0.15) is 0 Å². The third-order valence-electron chi connectivity index (χ3n) is 5.83. The van der Waals surface area contributed by atoms with Crippen molar-refractivity contribution in [3.63, 3.8) is 0 Å². The van der Waals surface area contributed by atoms with Crippen molar-refractivity contribution in [2.45, 2.75) is 39.5 Å². The third-order valence-corrected chi connectivity index (χ3v) is 6.73. The fourth-order valence-corrected chi connectivity index (χ4v) is 4.95. The summed E-state index contributed by atoms with van der Waals surface area (Å²) in [4.78, 5) is 32.1. The van der Waals surface area contributed by atoms with Gasteiger partial charge in [-0.05, 0) is 56.7 Å². The lowest BCUT2D eigenvalue weighted by Crippen LogP contribution is -2.44. The third kappa shape index (κ3) is 4.88. The standard InChI is InChI=1S/C29H26N2O4S/c1-18(2)34-29(33)23-11-7-8-20(14-23)16-31-25-15-22(12-13-26(25)35-19(3)28(31)32)24-17-36-27(30-24)21-9-5-4-6-10-21/h4-15,17-19H,16H2,1-3H3. The molecule has 0 saturated carbocycles. The van der Waals surface area contributed by atoms with Crippen LogP contribution in [-0.4, -0.2) is 29.1 Å². The number of hydrogen-bond donors (Lipinski definition) is 0. The molecule has 1 atom stereocenters. The van der Waals surface area contributed by atoms with Crippen LogP contribution in [0.4, 0.5) is 5.69 Å². The number of ether oxygens (including phenoxy) is 2. The number of carbonyl (C=O) groups excluding carboxylic acids is 2. The molecule has 0 saturated heterocycles. The molecule has 4 aromatic rings. The Morgan fingerprint density at radius 2 is 1.86 bits per heavy atom. The first-order valence-electron chi connectivity index (χ1n) is 11.8. The summed E-state index contributed by atoms with van der Waals surface area (Å²) in [7, 11) is 0. The molecule has 0 fully saturated rings. The van der Waals surface area contributed by atoms with E-state index in [1.165, 1.54) is 0 Å². The van der Waals surface area contributed by atoms with Gasteiger partial charge in [0.25, 0.3) is 5.91 Å². The van der Waals surface area contributed by atoms with E-state index in [2.05, 4.69) is 0 Å². The Morgan fingerprint density at radius 3 is 2.64 bits per heavy atom. The molecule has 1 aliphatic rings. The molecule has 5 rings (SSSR count). The van der Waals surface area contributed by atoms with Crippen LogP contribution in [0.2, 0.25) is 0 Å². The number of hydrogen-bond acceptors (Lipinski definition) is 6. The lowest BCUT2D eigenvalue weighted by molar-refractivity contribution is -0.125. The largest absolute Gasteiger partial charge is 0.479 e. The van der Waals surface area contributed by atoms with E-state index in [-0.39, 0.29) is 18.0 Å². The summed E-state index contributed by atoms with van der Waals surface area (Å²) in [5.74, 6) is 0.117. The van der Waals surface area contributed by atoms with Crippen LogP contribution in [0.3, 0.4) is 0 Å². The molecule has 0 N–H and O–H groups in total. The fraction of sp³-hybridized carbons (Fsp3) is 0.207. The molecule has 6 nitrogen and oxygen atoms in total. The van der Waals surface area contributed by atoms with Crippen molar-refractivity contribution in [3.8, 4) is 27.6 Å². The van der Waals surface area contributed by atoms with Crippen molar-refractivity contribution in [2.24, 2.45) is 0 Å². The van der Waals surface area contributed by atoms with E-state index < -0.39 is 6.10 Å². The van der Waals surface area contributed by atoms with E-state index >= 15 is 0 Å². The van der Waals surface area contributed by atoms with Gasteiger partial charge >= 0.3 is 5.97 Å². The van der Waals surface area contributed by atoms with Gasteiger partial charge in [-0.25, -0.2) is 9.78 Å². The van der Waals surface area contributed by atoms with Crippen molar-refractivity contribution in [3.05, 3.63) is 89.3 Å². The van der Waals surface area contributed by atoms with Gasteiger partial charge in [0.15, 0.2) is 6.10 Å². The number of rotatable bonds is 6. The maximum Gasteiger partial charge on any atom is 0.338 e. The average Bonchev–Trinajstić information content (AvgIpc) is 3.37. The van der Waals surface area contributed by atoms with Gasteiger partial charge in [0, 0.05) is 16.5 Å². The number of fused-ring (bicyclic) bond motifs is 1. The summed E-state index contributed by atoms with van der Waals surface area (Å²) in [6.07, 6.45) is -0.817. The van der Waals surface area contributed by atoms with Crippen molar-refractivity contribution in [1.29, 1.82) is 0 Å². The van der Waals surface area contributed by atoms with Crippen LogP contribution < -0.4 is 9.64 Å². The van der Waals surface area contributed by atoms with Crippen LogP contribution in [0.5, 0.6) is 5.75 Å². The first-order valence-corrected chi connectivity index (χ1v) is 12.7. The van der Waals surface area contributed by atoms with Gasteiger partial charge in [-0.3, -0.25) is 4.79 Å². The monoisotopic (exact) mass is 498 g/mol. The number of thiazole rings is 1. The highest BCUT2D eigenvalue weighted by molar-refractivity contribution is 7.13. The van der Waals surface area contributed by atoms with Crippen LogP contribution in [-0.2, 0) is 16.1 Å². The van der Waals surface area contributed by atoms with Crippen LogP contribution >= 0.6 is 11.3 Å². The van der Waals surface area contributed by atoms with Crippen molar-refractivity contribution in [2.75, 3.05) is 4.90 Å². The number of aromatic nitrogens is 1. The Bertz CT molecular complexity index is 1410. The quantitative estimate of drug-likeness (QED) is 0.290. The first-order chi connectivity index (χ1) is 17.4. The minimum atomic E-state index is -0.610. The van der Waals surface area contributed by atoms with Crippen LogP contribution in [0.25, 0.3) is 21.8 Å². The molecule has 1 aliphatic heterocycles. The summed E-state index contributed by atoms with van der Waals surface area (Å²) in [5.41, 5.74) is 4.77. The maximum atomic E-state index is 13.2. The lowest BCUT2D eigenvalue weighted by Gasteiger charge is -2.33. The Kier molecular flexibility index (Phi) is 6.57. The van der Waals surface area contributed by atoms with Gasteiger partial charge in [0.1, 0.15) is 10.8 Å². The molecule has 36 heavy (non-hydrogen) atoms. The van der Waals surface area contributed by atoms with E-state index in [9.17, 15) is 9.59 Å². The number of benzene rings is 3. The summed E-state index contributed by atoms with van der Waals surface area (Å²) in [6.45, 7) is 5.68. The van der Waals surface area contributed by atoms with E-state index in [4.69, 9.17) is 14.5 Å². The van der Waals surface area contributed by atoms with Crippen molar-refractivity contribution in [1.82, 2.24) is 4.98 Å². The SMILES string of the molecule is CC(C)OC(=O)c1cccc(CN2C(=O)C(C)Oc3ccc(-c4csc(-c5ccccc5)n4)cc32)c1. The van der Waals surface area contributed by atoms with Crippen LogP contribution in [0.15, 0.2) is 78.2 Å². The smallest absolute Gasteiger partial charge is 0.338 e. The summed E-state index contributed by atoms with van der Waals surface area (Å²) in [6, 6.07) is 23.0. The number of amides is 1. The maximum absolute atomic E-state index is 13.2. The zero-order valence-corrected chi connectivity index (χ0v) is 21.1. The van der Waals surface area contributed by atoms with Crippen molar-refractivity contribution >= 4 is 28.9 Å². The Morgan fingerprint density at radius 1 is 1.06 bits per heavy atom. The Labute approximate surface area is 214 Å². The number of esters is 1. The summed E-state index contributed by atoms with van der Waals surface area (Å²) >= 11 is 1.58. The van der Waals surface area contributed by atoms with E-state index in [0.29, 0.717) is 23.5 Å². The molecule has 0 aliphatic carbocycles. The molecule has 0 radical (unpaired) electrons. The van der Waals surface area contributed by atoms with Gasteiger partial charge < -0.3 is 14.4 Å². The van der Waals surface area contributed by atoms with E-state index in [0.717, 1.165) is 27.4 Å². The number of anilines is 1. The number of nitrogens with zero attached hydrogens (tertiary/aromatic N) is 2. The molecule has 7 heteroatoms. The van der Waals surface area contributed by atoms with Gasteiger partial charge in [-0.15, -0.1) is 11.3 Å². The molecule has 2 heterocycles. The minimum Gasteiger partial charge on any atom is -0.479 e. The second-order valence-corrected chi connectivity index (χ2v) is 9.78. The molecule has 0 spiro atoms. The van der Waals surface area contributed by atoms with Crippen LogP contribution in [0, 0.1) is 0 Å². The highest BCUT2D eigenvalue weighted by Crippen LogP contribution is 2.39. The Hall–Kier alpha value is -3.97. The van der Waals surface area contributed by atoms with Crippen LogP contribution in [0.1, 0.15) is 36.7 Å². The molecular weight excluding hydrogens is 472 g/mol. The highest BCUT2D eigenvalue weighted by Gasteiger charge is 2.32.